The van der Waals surface area contributed by atoms with Crippen molar-refractivity contribution in [2.75, 3.05) is 5.32 Å². The molecule has 0 saturated carbocycles. The van der Waals surface area contributed by atoms with E-state index in [0.717, 1.165) is 17.2 Å². The van der Waals surface area contributed by atoms with Crippen molar-refractivity contribution in [2.45, 2.75) is 6.92 Å². The molecule has 1 N–H and O–H groups in total. The molecular weight excluding hydrogens is 303 g/mol. The minimum absolute atomic E-state index is 0.0465. The maximum absolute atomic E-state index is 13.1. The van der Waals surface area contributed by atoms with Gasteiger partial charge in [-0.3, -0.25) is 4.79 Å². The molecule has 2 aromatic carbocycles. The summed E-state index contributed by atoms with van der Waals surface area (Å²) >= 11 is 5.66. The first-order valence-electron chi connectivity index (χ1n) is 6.45. The number of nitriles is 1. The second-order valence-electron chi connectivity index (χ2n) is 4.61. The van der Waals surface area contributed by atoms with Gasteiger partial charge in [0, 0.05) is 5.69 Å². The predicted octanol–water partition coefficient (Wildman–Crippen LogP) is 4.33. The number of carbonyl (C=O) groups excluding carboxylic acids is 1. The van der Waals surface area contributed by atoms with Crippen LogP contribution in [-0.2, 0) is 4.79 Å². The first kappa shape index (κ1) is 15.7. The van der Waals surface area contributed by atoms with Crippen molar-refractivity contribution in [3.8, 4) is 6.07 Å². The molecule has 0 radical (unpaired) electrons. The van der Waals surface area contributed by atoms with Gasteiger partial charge in [0.25, 0.3) is 5.91 Å². The summed E-state index contributed by atoms with van der Waals surface area (Å²) in [5.74, 6) is -1.15. The van der Waals surface area contributed by atoms with Crippen molar-refractivity contribution in [1.29, 1.82) is 5.26 Å². The van der Waals surface area contributed by atoms with Crippen LogP contribution in [0.3, 0.4) is 0 Å². The van der Waals surface area contributed by atoms with Crippen molar-refractivity contribution in [3.63, 3.8) is 0 Å². The van der Waals surface area contributed by atoms with Gasteiger partial charge in [0.15, 0.2) is 0 Å². The summed E-state index contributed by atoms with van der Waals surface area (Å²) < 4.78 is 13.1. The van der Waals surface area contributed by atoms with Gasteiger partial charge in [0.1, 0.15) is 17.5 Å². The standard InChI is InChI=1S/C17H12ClFN2O/c1-11-4-2-3-5-12(11)8-13(10-20)17(22)21-14-6-7-16(19)15(18)9-14/h2-9H,1H3,(H,21,22)/b13-8+. The molecule has 0 aliphatic carbocycles. The molecule has 2 aromatic rings. The highest BCUT2D eigenvalue weighted by Gasteiger charge is 2.11. The Morgan fingerprint density at radius 3 is 2.68 bits per heavy atom. The highest BCUT2D eigenvalue weighted by atomic mass is 35.5. The molecule has 0 saturated heterocycles. The van der Waals surface area contributed by atoms with E-state index in [1.54, 1.807) is 0 Å². The van der Waals surface area contributed by atoms with Crippen LogP contribution >= 0.6 is 11.6 Å². The Balaban J connectivity index is 2.24. The van der Waals surface area contributed by atoms with Crippen molar-refractivity contribution in [3.05, 3.63) is 70.0 Å². The first-order chi connectivity index (χ1) is 10.5. The van der Waals surface area contributed by atoms with Crippen LogP contribution in [0, 0.1) is 24.1 Å². The fourth-order valence-corrected chi connectivity index (χ4v) is 2.01. The lowest BCUT2D eigenvalue weighted by atomic mass is 10.1. The molecule has 1 amide bonds. The Hall–Kier alpha value is -2.64. The molecule has 22 heavy (non-hydrogen) atoms. The lowest BCUT2D eigenvalue weighted by Gasteiger charge is -2.06. The van der Waals surface area contributed by atoms with Gasteiger partial charge in [0.05, 0.1) is 5.02 Å². The summed E-state index contributed by atoms with van der Waals surface area (Å²) in [6, 6.07) is 13.1. The maximum atomic E-state index is 13.1. The number of nitrogens with zero attached hydrogens (tertiary/aromatic N) is 1. The van der Waals surface area contributed by atoms with E-state index in [-0.39, 0.29) is 10.6 Å². The van der Waals surface area contributed by atoms with Gasteiger partial charge >= 0.3 is 0 Å². The minimum atomic E-state index is -0.576. The number of nitrogens with one attached hydrogen (secondary N) is 1. The van der Waals surface area contributed by atoms with Gasteiger partial charge in [-0.25, -0.2) is 4.39 Å². The average molecular weight is 315 g/mol. The van der Waals surface area contributed by atoms with Crippen LogP contribution in [-0.4, -0.2) is 5.91 Å². The summed E-state index contributed by atoms with van der Waals surface area (Å²) in [5.41, 5.74) is 2.01. The molecule has 110 valence electrons. The molecule has 0 fully saturated rings. The second-order valence-corrected chi connectivity index (χ2v) is 5.02. The molecule has 0 spiro atoms. The Kier molecular flexibility index (Phi) is 4.92. The Morgan fingerprint density at radius 1 is 1.32 bits per heavy atom. The quantitative estimate of drug-likeness (QED) is 0.677. The fourth-order valence-electron chi connectivity index (χ4n) is 1.83. The molecule has 3 nitrogen and oxygen atoms in total. The van der Waals surface area contributed by atoms with E-state index in [0.29, 0.717) is 5.69 Å². The lowest BCUT2D eigenvalue weighted by Crippen LogP contribution is -2.13. The number of hydrogen-bond acceptors (Lipinski definition) is 2. The Morgan fingerprint density at radius 2 is 2.05 bits per heavy atom. The van der Waals surface area contributed by atoms with Gasteiger partial charge < -0.3 is 5.32 Å². The van der Waals surface area contributed by atoms with Crippen LogP contribution in [0.5, 0.6) is 0 Å². The van der Waals surface area contributed by atoms with Gasteiger partial charge in [0.2, 0.25) is 0 Å². The fraction of sp³-hybridized carbons (Fsp3) is 0.0588. The number of hydrogen-bond donors (Lipinski definition) is 1. The zero-order valence-corrected chi connectivity index (χ0v) is 12.5. The number of rotatable bonds is 3. The maximum Gasteiger partial charge on any atom is 0.266 e. The highest BCUT2D eigenvalue weighted by molar-refractivity contribution is 6.31. The van der Waals surface area contributed by atoms with Crippen LogP contribution in [0.2, 0.25) is 5.02 Å². The summed E-state index contributed by atoms with van der Waals surface area (Å²) in [6.45, 7) is 1.89. The number of amides is 1. The van der Waals surface area contributed by atoms with Crippen molar-refractivity contribution >= 4 is 29.3 Å². The minimum Gasteiger partial charge on any atom is -0.321 e. The van der Waals surface area contributed by atoms with Crippen LogP contribution < -0.4 is 5.32 Å². The van der Waals surface area contributed by atoms with Gasteiger partial charge in [-0.1, -0.05) is 35.9 Å². The zero-order valence-electron chi connectivity index (χ0n) is 11.7. The van der Waals surface area contributed by atoms with Crippen molar-refractivity contribution in [1.82, 2.24) is 0 Å². The molecule has 0 aliphatic heterocycles. The van der Waals surface area contributed by atoms with E-state index in [9.17, 15) is 9.18 Å². The molecule has 0 bridgehead atoms. The summed E-state index contributed by atoms with van der Waals surface area (Å²) in [6.07, 6.45) is 1.51. The molecule has 0 aromatic heterocycles. The third-order valence-electron chi connectivity index (χ3n) is 3.03. The van der Waals surface area contributed by atoms with Gasteiger partial charge in [-0.05, 0) is 42.3 Å². The predicted molar refractivity (Wildman–Crippen MR) is 84.8 cm³/mol. The molecule has 5 heteroatoms. The topological polar surface area (TPSA) is 52.9 Å². The SMILES string of the molecule is Cc1ccccc1/C=C(\C#N)C(=O)Nc1ccc(F)c(Cl)c1. The van der Waals surface area contributed by atoms with Gasteiger partial charge in [-0.2, -0.15) is 5.26 Å². The van der Waals surface area contributed by atoms with E-state index in [2.05, 4.69) is 5.32 Å². The average Bonchev–Trinajstić information content (AvgIpc) is 2.50. The zero-order chi connectivity index (χ0) is 16.1. The number of carbonyl (C=O) groups is 1. The monoisotopic (exact) mass is 314 g/mol. The number of aryl methyl sites for hydroxylation is 1. The third kappa shape index (κ3) is 3.72. The third-order valence-corrected chi connectivity index (χ3v) is 3.32. The van der Waals surface area contributed by atoms with E-state index < -0.39 is 11.7 Å². The molecule has 2 rings (SSSR count). The van der Waals surface area contributed by atoms with E-state index >= 15 is 0 Å². The Labute approximate surface area is 132 Å². The van der Waals surface area contributed by atoms with Crippen LogP contribution in [0.1, 0.15) is 11.1 Å². The van der Waals surface area contributed by atoms with Crippen LogP contribution in [0.15, 0.2) is 48.0 Å². The van der Waals surface area contributed by atoms with Crippen molar-refractivity contribution in [2.24, 2.45) is 0 Å². The molecule has 0 atom stereocenters. The number of benzene rings is 2. The number of halogens is 2. The Bertz CT molecular complexity index is 793. The molecule has 0 aliphatic rings. The summed E-state index contributed by atoms with van der Waals surface area (Å²) in [4.78, 5) is 12.1. The first-order valence-corrected chi connectivity index (χ1v) is 6.83. The molecular formula is C17H12ClFN2O. The van der Waals surface area contributed by atoms with E-state index in [4.69, 9.17) is 16.9 Å². The normalized spacial score (nSPS) is 10.9. The lowest BCUT2D eigenvalue weighted by molar-refractivity contribution is -0.112. The number of anilines is 1. The summed E-state index contributed by atoms with van der Waals surface area (Å²) in [5, 5.41) is 11.6. The van der Waals surface area contributed by atoms with E-state index in [1.165, 1.54) is 18.2 Å². The largest absolute Gasteiger partial charge is 0.321 e. The van der Waals surface area contributed by atoms with Crippen LogP contribution in [0.4, 0.5) is 10.1 Å². The van der Waals surface area contributed by atoms with Crippen LogP contribution in [0.25, 0.3) is 6.08 Å². The smallest absolute Gasteiger partial charge is 0.266 e. The summed E-state index contributed by atoms with van der Waals surface area (Å²) in [7, 11) is 0. The second kappa shape index (κ2) is 6.88. The molecule has 0 heterocycles. The molecule has 0 unspecified atom stereocenters. The highest BCUT2D eigenvalue weighted by Crippen LogP contribution is 2.20. The van der Waals surface area contributed by atoms with Crippen molar-refractivity contribution < 1.29 is 9.18 Å². The van der Waals surface area contributed by atoms with Gasteiger partial charge in [-0.15, -0.1) is 0 Å². The van der Waals surface area contributed by atoms with E-state index in [1.807, 2.05) is 37.3 Å².